The van der Waals surface area contributed by atoms with Crippen LogP contribution in [0.4, 0.5) is 16.0 Å². The number of rotatable bonds is 3. The highest BCUT2D eigenvalue weighted by Gasteiger charge is 2.20. The third-order valence-electron chi connectivity index (χ3n) is 4.72. The molecular weight excluding hydrogens is 321 g/mol. The maximum atomic E-state index is 14.7. The summed E-state index contributed by atoms with van der Waals surface area (Å²) in [7, 11) is 0. The van der Waals surface area contributed by atoms with Crippen molar-refractivity contribution in [2.45, 2.75) is 25.8 Å². The zero-order chi connectivity index (χ0) is 17.2. The van der Waals surface area contributed by atoms with Crippen LogP contribution in [0, 0.1) is 5.82 Å². The van der Waals surface area contributed by atoms with Gasteiger partial charge in [0.25, 0.3) is 5.91 Å². The lowest BCUT2D eigenvalue weighted by Gasteiger charge is -2.19. The molecule has 130 valence electrons. The molecule has 0 bridgehead atoms. The number of hydrogen-bond donors (Lipinski definition) is 2. The maximum absolute atomic E-state index is 14.7. The maximum Gasteiger partial charge on any atom is 0.274 e. The summed E-state index contributed by atoms with van der Waals surface area (Å²) in [6.07, 6.45) is 4.41. The third kappa shape index (κ3) is 3.19. The van der Waals surface area contributed by atoms with Crippen LogP contribution in [-0.4, -0.2) is 35.5 Å². The number of benzene rings is 1. The summed E-state index contributed by atoms with van der Waals surface area (Å²) in [5.74, 6) is -0.209. The fourth-order valence-corrected chi connectivity index (χ4v) is 3.36. The predicted octanol–water partition coefficient (Wildman–Crippen LogP) is 2.11. The lowest BCUT2D eigenvalue weighted by molar-refractivity contribution is 0.102. The Morgan fingerprint density at radius 3 is 2.92 bits per heavy atom. The molecule has 1 aromatic heterocycles. The van der Waals surface area contributed by atoms with E-state index in [4.69, 9.17) is 0 Å². The van der Waals surface area contributed by atoms with Gasteiger partial charge in [0.15, 0.2) is 0 Å². The van der Waals surface area contributed by atoms with Crippen LogP contribution < -0.4 is 15.5 Å². The Labute approximate surface area is 145 Å². The van der Waals surface area contributed by atoms with E-state index in [0.29, 0.717) is 24.5 Å². The summed E-state index contributed by atoms with van der Waals surface area (Å²) < 4.78 is 14.7. The van der Waals surface area contributed by atoms with Gasteiger partial charge in [-0.1, -0.05) is 6.07 Å². The molecule has 7 heteroatoms. The van der Waals surface area contributed by atoms with Crippen molar-refractivity contribution in [3.63, 3.8) is 0 Å². The average Bonchev–Trinajstić information content (AvgIpc) is 3.19. The van der Waals surface area contributed by atoms with Crippen molar-refractivity contribution >= 4 is 17.5 Å². The van der Waals surface area contributed by atoms with Crippen LogP contribution in [0.25, 0.3) is 0 Å². The molecule has 1 saturated heterocycles. The van der Waals surface area contributed by atoms with E-state index in [0.717, 1.165) is 38.0 Å². The summed E-state index contributed by atoms with van der Waals surface area (Å²) in [4.78, 5) is 23.1. The minimum absolute atomic E-state index is 0.201. The number of aromatic nitrogens is 2. The molecule has 0 atom stereocenters. The van der Waals surface area contributed by atoms with Gasteiger partial charge in [-0.2, -0.15) is 0 Å². The van der Waals surface area contributed by atoms with Gasteiger partial charge in [-0.05, 0) is 49.1 Å². The summed E-state index contributed by atoms with van der Waals surface area (Å²) in [5, 5.41) is 5.86. The van der Waals surface area contributed by atoms with Gasteiger partial charge in [0.1, 0.15) is 11.5 Å². The minimum atomic E-state index is -0.421. The van der Waals surface area contributed by atoms with Gasteiger partial charge >= 0.3 is 0 Å². The summed E-state index contributed by atoms with van der Waals surface area (Å²) >= 11 is 0. The van der Waals surface area contributed by atoms with Crippen molar-refractivity contribution in [3.8, 4) is 0 Å². The van der Waals surface area contributed by atoms with Crippen molar-refractivity contribution in [2.24, 2.45) is 0 Å². The smallest absolute Gasteiger partial charge is 0.274 e. The highest BCUT2D eigenvalue weighted by molar-refractivity contribution is 6.03. The van der Waals surface area contributed by atoms with Crippen molar-refractivity contribution < 1.29 is 9.18 Å². The first kappa shape index (κ1) is 16.0. The molecule has 0 unspecified atom stereocenters. The lowest BCUT2D eigenvalue weighted by Crippen LogP contribution is -2.25. The second-order valence-electron chi connectivity index (χ2n) is 6.38. The molecule has 2 N–H and O–H groups in total. The Balaban J connectivity index is 1.55. The van der Waals surface area contributed by atoms with Crippen molar-refractivity contribution in [2.75, 3.05) is 29.9 Å². The average molecular weight is 341 g/mol. The molecule has 2 aliphatic heterocycles. The molecule has 0 spiro atoms. The molecule has 2 aromatic rings. The number of carbonyl (C=O) groups is 1. The van der Waals surface area contributed by atoms with Gasteiger partial charge in [0.2, 0.25) is 5.95 Å². The molecule has 1 fully saturated rings. The number of hydrogen-bond acceptors (Lipinski definition) is 5. The minimum Gasteiger partial charge on any atom is -0.341 e. The molecule has 3 heterocycles. The molecule has 6 nitrogen and oxygen atoms in total. The Morgan fingerprint density at radius 2 is 2.08 bits per heavy atom. The van der Waals surface area contributed by atoms with Gasteiger partial charge in [-0.25, -0.2) is 14.4 Å². The van der Waals surface area contributed by atoms with E-state index in [1.165, 1.54) is 0 Å². The van der Waals surface area contributed by atoms with Crippen LogP contribution in [0.1, 0.15) is 34.5 Å². The topological polar surface area (TPSA) is 70.2 Å². The quantitative estimate of drug-likeness (QED) is 0.895. The Morgan fingerprint density at radius 1 is 1.24 bits per heavy atom. The first-order valence-corrected chi connectivity index (χ1v) is 8.63. The molecule has 0 saturated carbocycles. The Hall–Kier alpha value is -2.54. The first-order chi connectivity index (χ1) is 12.2. The zero-order valence-electron chi connectivity index (χ0n) is 13.9. The predicted molar refractivity (Wildman–Crippen MR) is 93.2 cm³/mol. The summed E-state index contributed by atoms with van der Waals surface area (Å²) in [6.45, 7) is 3.20. The number of carbonyl (C=O) groups excluding carboxylic acids is 1. The SMILES string of the molecule is O=C(Nc1ccc2c(c1F)CCNC2)c1ccnc(N2CCCC2)n1. The van der Waals surface area contributed by atoms with E-state index >= 15 is 0 Å². The van der Waals surface area contributed by atoms with E-state index in [-0.39, 0.29) is 17.2 Å². The lowest BCUT2D eigenvalue weighted by atomic mass is 9.99. The van der Waals surface area contributed by atoms with Crippen LogP contribution in [0.3, 0.4) is 0 Å². The van der Waals surface area contributed by atoms with Gasteiger partial charge in [-0.15, -0.1) is 0 Å². The number of halogens is 1. The molecule has 25 heavy (non-hydrogen) atoms. The van der Waals surface area contributed by atoms with Crippen molar-refractivity contribution in [3.05, 3.63) is 47.0 Å². The van der Waals surface area contributed by atoms with Crippen molar-refractivity contribution in [1.29, 1.82) is 0 Å². The number of amides is 1. The third-order valence-corrected chi connectivity index (χ3v) is 4.72. The highest BCUT2D eigenvalue weighted by Crippen LogP contribution is 2.25. The van der Waals surface area contributed by atoms with E-state index in [1.54, 1.807) is 18.3 Å². The molecular formula is C18H20FN5O. The number of anilines is 2. The van der Waals surface area contributed by atoms with E-state index in [2.05, 4.69) is 25.5 Å². The van der Waals surface area contributed by atoms with Gasteiger partial charge in [-0.3, -0.25) is 4.79 Å². The molecule has 2 aliphatic rings. The molecule has 1 aromatic carbocycles. The zero-order valence-corrected chi connectivity index (χ0v) is 13.9. The van der Waals surface area contributed by atoms with E-state index in [9.17, 15) is 9.18 Å². The van der Waals surface area contributed by atoms with Gasteiger partial charge in [0, 0.05) is 25.8 Å². The first-order valence-electron chi connectivity index (χ1n) is 8.63. The molecule has 0 radical (unpaired) electrons. The summed E-state index contributed by atoms with van der Waals surface area (Å²) in [5.41, 5.74) is 2.07. The fraction of sp³-hybridized carbons (Fsp3) is 0.389. The van der Waals surface area contributed by atoms with Gasteiger partial charge < -0.3 is 15.5 Å². The van der Waals surface area contributed by atoms with Crippen LogP contribution in [0.15, 0.2) is 24.4 Å². The van der Waals surface area contributed by atoms with E-state index in [1.807, 2.05) is 6.07 Å². The number of nitrogens with one attached hydrogen (secondary N) is 2. The largest absolute Gasteiger partial charge is 0.341 e. The van der Waals surface area contributed by atoms with Crippen LogP contribution >= 0.6 is 0 Å². The number of fused-ring (bicyclic) bond motifs is 1. The molecule has 4 rings (SSSR count). The molecule has 1 amide bonds. The second kappa shape index (κ2) is 6.76. The Kier molecular flexibility index (Phi) is 4.31. The standard InChI is InChI=1S/C18H20FN5O/c19-16-13-5-7-20-11-12(13)3-4-14(16)22-17(25)15-6-8-21-18(23-15)24-9-1-2-10-24/h3-4,6,8,20H,1-2,5,7,9-11H2,(H,22,25). The van der Waals surface area contributed by atoms with Crippen LogP contribution in [-0.2, 0) is 13.0 Å². The van der Waals surface area contributed by atoms with Crippen LogP contribution in [0.5, 0.6) is 0 Å². The summed E-state index contributed by atoms with van der Waals surface area (Å²) in [6, 6.07) is 5.02. The molecule has 0 aliphatic carbocycles. The van der Waals surface area contributed by atoms with Crippen LogP contribution in [0.2, 0.25) is 0 Å². The fourth-order valence-electron chi connectivity index (χ4n) is 3.36. The van der Waals surface area contributed by atoms with Gasteiger partial charge in [0.05, 0.1) is 5.69 Å². The monoisotopic (exact) mass is 341 g/mol. The Bertz CT molecular complexity index is 804. The van der Waals surface area contributed by atoms with E-state index < -0.39 is 5.91 Å². The second-order valence-corrected chi connectivity index (χ2v) is 6.38. The van der Waals surface area contributed by atoms with Crippen molar-refractivity contribution in [1.82, 2.24) is 15.3 Å². The number of nitrogens with zero attached hydrogens (tertiary/aromatic N) is 3. The normalized spacial score (nSPS) is 16.6. The highest BCUT2D eigenvalue weighted by atomic mass is 19.1.